The zero-order chi connectivity index (χ0) is 11.0. The molecule has 0 aliphatic carbocycles. The minimum absolute atomic E-state index is 0.198. The van der Waals surface area contributed by atoms with Crippen molar-refractivity contribution in [2.45, 2.75) is 52.0 Å². The Morgan fingerprint density at radius 1 is 1.36 bits per heavy atom. The lowest BCUT2D eigenvalue weighted by atomic mass is 10.1. The maximum Gasteiger partial charge on any atom is 0.304 e. The molecular formula is C11H23NO2. The van der Waals surface area contributed by atoms with Crippen LogP contribution < -0.4 is 0 Å². The van der Waals surface area contributed by atoms with Crippen molar-refractivity contribution in [3.63, 3.8) is 0 Å². The van der Waals surface area contributed by atoms with Crippen molar-refractivity contribution in [1.29, 1.82) is 0 Å². The van der Waals surface area contributed by atoms with Gasteiger partial charge in [-0.25, -0.2) is 0 Å². The summed E-state index contributed by atoms with van der Waals surface area (Å²) in [5.41, 5.74) is 0. The highest BCUT2D eigenvalue weighted by Gasteiger charge is 2.15. The maximum atomic E-state index is 10.6. The van der Waals surface area contributed by atoms with E-state index in [4.69, 9.17) is 5.11 Å². The molecule has 0 aliphatic heterocycles. The van der Waals surface area contributed by atoms with E-state index < -0.39 is 5.97 Å². The predicted octanol–water partition coefficient (Wildman–Crippen LogP) is 2.36. The highest BCUT2D eigenvalue weighted by atomic mass is 16.4. The van der Waals surface area contributed by atoms with Crippen LogP contribution in [0.25, 0.3) is 0 Å². The highest BCUT2D eigenvalue weighted by molar-refractivity contribution is 5.67. The molecule has 0 rings (SSSR count). The molecular weight excluding hydrogens is 178 g/mol. The summed E-state index contributed by atoms with van der Waals surface area (Å²) in [5, 5.41) is 8.71. The molecule has 0 spiro atoms. The first-order chi connectivity index (χ1) is 6.61. The lowest BCUT2D eigenvalue weighted by molar-refractivity contribution is -0.138. The first-order valence-corrected chi connectivity index (χ1v) is 5.53. The monoisotopic (exact) mass is 201 g/mol. The van der Waals surface area contributed by atoms with Crippen molar-refractivity contribution >= 4 is 5.97 Å². The van der Waals surface area contributed by atoms with Gasteiger partial charge in [0.1, 0.15) is 0 Å². The topological polar surface area (TPSA) is 40.5 Å². The van der Waals surface area contributed by atoms with Gasteiger partial charge in [-0.3, -0.25) is 4.79 Å². The van der Waals surface area contributed by atoms with Crippen LogP contribution in [0.15, 0.2) is 0 Å². The van der Waals surface area contributed by atoms with Gasteiger partial charge < -0.3 is 10.0 Å². The minimum Gasteiger partial charge on any atom is -0.481 e. The minimum atomic E-state index is -0.695. The van der Waals surface area contributed by atoms with Gasteiger partial charge in [-0.2, -0.15) is 0 Å². The van der Waals surface area contributed by atoms with E-state index in [0.717, 1.165) is 13.0 Å². The van der Waals surface area contributed by atoms with Gasteiger partial charge in [-0.1, -0.05) is 26.7 Å². The highest BCUT2D eigenvalue weighted by Crippen LogP contribution is 2.08. The number of hydrogen-bond donors (Lipinski definition) is 1. The molecule has 0 saturated heterocycles. The van der Waals surface area contributed by atoms with Gasteiger partial charge in [0, 0.05) is 6.04 Å². The lowest BCUT2D eigenvalue weighted by Crippen LogP contribution is -2.33. The predicted molar refractivity (Wildman–Crippen MR) is 58.5 cm³/mol. The van der Waals surface area contributed by atoms with Gasteiger partial charge in [0.15, 0.2) is 0 Å². The van der Waals surface area contributed by atoms with E-state index in [1.165, 1.54) is 19.3 Å². The molecule has 0 saturated carbocycles. The summed E-state index contributed by atoms with van der Waals surface area (Å²) in [6, 6.07) is 0.198. The van der Waals surface area contributed by atoms with Crippen molar-refractivity contribution in [3.8, 4) is 0 Å². The number of hydrogen-bond acceptors (Lipinski definition) is 2. The third kappa shape index (κ3) is 5.97. The van der Waals surface area contributed by atoms with E-state index in [1.807, 2.05) is 14.0 Å². The molecule has 0 aromatic rings. The zero-order valence-electron chi connectivity index (χ0n) is 9.62. The Balaban J connectivity index is 3.78. The number of aliphatic carboxylic acids is 1. The Morgan fingerprint density at radius 3 is 2.43 bits per heavy atom. The number of carbonyl (C=O) groups is 1. The van der Waals surface area contributed by atoms with Crippen molar-refractivity contribution in [2.24, 2.45) is 0 Å². The molecule has 1 N–H and O–H groups in total. The van der Waals surface area contributed by atoms with Gasteiger partial charge in [-0.05, 0) is 26.4 Å². The maximum absolute atomic E-state index is 10.6. The first kappa shape index (κ1) is 13.4. The zero-order valence-corrected chi connectivity index (χ0v) is 9.62. The molecule has 1 unspecified atom stereocenters. The molecule has 0 bridgehead atoms. The number of carboxylic acid groups (broad SMARTS) is 1. The summed E-state index contributed by atoms with van der Waals surface area (Å²) in [7, 11) is 2.02. The van der Waals surface area contributed by atoms with Gasteiger partial charge in [0.25, 0.3) is 0 Å². The van der Waals surface area contributed by atoms with E-state index in [-0.39, 0.29) is 12.5 Å². The molecule has 0 heterocycles. The van der Waals surface area contributed by atoms with E-state index in [0.29, 0.717) is 0 Å². The third-order valence-electron chi connectivity index (χ3n) is 2.62. The normalized spacial score (nSPS) is 13.1. The molecule has 0 fully saturated rings. The van der Waals surface area contributed by atoms with Gasteiger partial charge in [0.05, 0.1) is 6.42 Å². The van der Waals surface area contributed by atoms with Crippen LogP contribution in [0.3, 0.4) is 0 Å². The van der Waals surface area contributed by atoms with E-state index in [2.05, 4.69) is 11.8 Å². The lowest BCUT2D eigenvalue weighted by Gasteiger charge is -2.25. The molecule has 0 aliphatic rings. The average Bonchev–Trinajstić information content (AvgIpc) is 2.14. The second-order valence-corrected chi connectivity index (χ2v) is 3.85. The number of rotatable bonds is 8. The van der Waals surface area contributed by atoms with Crippen LogP contribution in [-0.4, -0.2) is 35.6 Å². The van der Waals surface area contributed by atoms with Crippen molar-refractivity contribution in [1.82, 2.24) is 4.90 Å². The number of unbranched alkanes of at least 4 members (excludes halogenated alkanes) is 2. The van der Waals surface area contributed by atoms with Crippen molar-refractivity contribution < 1.29 is 9.90 Å². The van der Waals surface area contributed by atoms with Gasteiger partial charge in [-0.15, -0.1) is 0 Å². The third-order valence-corrected chi connectivity index (χ3v) is 2.62. The average molecular weight is 201 g/mol. The Morgan fingerprint density at radius 2 is 2.00 bits per heavy atom. The standard InChI is InChI=1S/C11H23NO2/c1-4-6-7-8-12(3)10(5-2)9-11(13)14/h10H,4-9H2,1-3H3,(H,13,14). The quantitative estimate of drug-likeness (QED) is 0.613. The van der Waals surface area contributed by atoms with E-state index in [9.17, 15) is 4.79 Å². The summed E-state index contributed by atoms with van der Waals surface area (Å²) >= 11 is 0. The molecule has 0 amide bonds. The van der Waals surface area contributed by atoms with Crippen LogP contribution >= 0.6 is 0 Å². The molecule has 0 aromatic carbocycles. The molecule has 1 atom stereocenters. The summed E-state index contributed by atoms with van der Waals surface area (Å²) < 4.78 is 0. The molecule has 3 heteroatoms. The van der Waals surface area contributed by atoms with Crippen LogP contribution in [-0.2, 0) is 4.79 Å². The van der Waals surface area contributed by atoms with Crippen LogP contribution in [0, 0.1) is 0 Å². The number of nitrogens with zero attached hydrogens (tertiary/aromatic N) is 1. The Labute approximate surface area is 87.1 Å². The first-order valence-electron chi connectivity index (χ1n) is 5.53. The number of carboxylic acids is 1. The smallest absolute Gasteiger partial charge is 0.304 e. The summed E-state index contributed by atoms with van der Waals surface area (Å²) in [6.07, 6.45) is 4.79. The molecule has 84 valence electrons. The summed E-state index contributed by atoms with van der Waals surface area (Å²) in [6.45, 7) is 5.23. The Kier molecular flexibility index (Phi) is 7.48. The fraction of sp³-hybridized carbons (Fsp3) is 0.909. The van der Waals surface area contributed by atoms with Crippen molar-refractivity contribution in [2.75, 3.05) is 13.6 Å². The van der Waals surface area contributed by atoms with Crippen LogP contribution in [0.1, 0.15) is 46.0 Å². The molecule has 0 radical (unpaired) electrons. The van der Waals surface area contributed by atoms with Crippen molar-refractivity contribution in [3.05, 3.63) is 0 Å². The fourth-order valence-corrected chi connectivity index (χ4v) is 1.61. The second-order valence-electron chi connectivity index (χ2n) is 3.85. The molecule has 0 aromatic heterocycles. The largest absolute Gasteiger partial charge is 0.481 e. The van der Waals surface area contributed by atoms with E-state index >= 15 is 0 Å². The summed E-state index contributed by atoms with van der Waals surface area (Å²) in [5.74, 6) is -0.695. The van der Waals surface area contributed by atoms with Crippen LogP contribution in [0.5, 0.6) is 0 Å². The molecule has 14 heavy (non-hydrogen) atoms. The SMILES string of the molecule is CCCCCN(C)C(CC)CC(=O)O. The Hall–Kier alpha value is -0.570. The van der Waals surface area contributed by atoms with Gasteiger partial charge >= 0.3 is 5.97 Å². The van der Waals surface area contributed by atoms with Crippen LogP contribution in [0.2, 0.25) is 0 Å². The molecule has 3 nitrogen and oxygen atoms in total. The Bertz CT molecular complexity index is 159. The van der Waals surface area contributed by atoms with Gasteiger partial charge in [0.2, 0.25) is 0 Å². The fourth-order valence-electron chi connectivity index (χ4n) is 1.61. The van der Waals surface area contributed by atoms with E-state index in [1.54, 1.807) is 0 Å². The second kappa shape index (κ2) is 7.80. The van der Waals surface area contributed by atoms with Crippen LogP contribution in [0.4, 0.5) is 0 Å². The summed E-state index contributed by atoms with van der Waals surface area (Å²) in [4.78, 5) is 12.7.